The summed E-state index contributed by atoms with van der Waals surface area (Å²) in [5.41, 5.74) is -0.666. The van der Waals surface area contributed by atoms with Crippen molar-refractivity contribution in [3.8, 4) is 17.2 Å². The lowest BCUT2D eigenvalue weighted by Crippen LogP contribution is -2.20. The van der Waals surface area contributed by atoms with Gasteiger partial charge >= 0.3 is 19.7 Å². The van der Waals surface area contributed by atoms with Crippen molar-refractivity contribution < 1.29 is 50.5 Å². The summed E-state index contributed by atoms with van der Waals surface area (Å²) in [5.74, 6) is -1.83. The van der Waals surface area contributed by atoms with Gasteiger partial charge < -0.3 is 28.0 Å². The summed E-state index contributed by atoms with van der Waals surface area (Å²) >= 11 is 0. The number of alkyl halides is 3. The summed E-state index contributed by atoms with van der Waals surface area (Å²) < 4.78 is 83.8. The molecular formula is C21H22F3O8P. The number of hydrogen-bond donors (Lipinski definition) is 0. The maximum atomic E-state index is 13.4. The summed E-state index contributed by atoms with van der Waals surface area (Å²) in [6.45, 7) is 2.48. The fourth-order valence-electron chi connectivity index (χ4n) is 2.98. The van der Waals surface area contributed by atoms with E-state index in [2.05, 4.69) is 0 Å². The Balaban J connectivity index is 1.80. The monoisotopic (exact) mass is 490 g/mol. The van der Waals surface area contributed by atoms with Crippen molar-refractivity contribution in [2.75, 3.05) is 26.6 Å². The summed E-state index contributed by atoms with van der Waals surface area (Å²) in [6.07, 6.45) is -4.56. The SMILES string of the molecule is CCOP(=O)(OCC)C(OC(=O)COc1cccc(C(F)(F)F)c1)c1ccc2c(c1)OCO2. The van der Waals surface area contributed by atoms with Crippen LogP contribution in [0.25, 0.3) is 0 Å². The second-order valence-corrected chi connectivity index (χ2v) is 8.71. The average Bonchev–Trinajstić information content (AvgIpc) is 3.24. The van der Waals surface area contributed by atoms with E-state index in [0.29, 0.717) is 11.5 Å². The second kappa shape index (κ2) is 10.5. The molecule has 2 aromatic rings. The molecule has 1 unspecified atom stereocenters. The third kappa shape index (κ3) is 6.19. The Morgan fingerprint density at radius 1 is 1.06 bits per heavy atom. The lowest BCUT2D eigenvalue weighted by atomic mass is 10.2. The summed E-state index contributed by atoms with van der Waals surface area (Å²) in [6, 6.07) is 8.61. The Bertz CT molecular complexity index is 1020. The molecule has 0 spiro atoms. The molecular weight excluding hydrogens is 468 g/mol. The van der Waals surface area contributed by atoms with Crippen molar-refractivity contribution in [3.63, 3.8) is 0 Å². The highest BCUT2D eigenvalue weighted by Crippen LogP contribution is 2.62. The fourth-order valence-corrected chi connectivity index (χ4v) is 4.81. The summed E-state index contributed by atoms with van der Waals surface area (Å²) in [7, 11) is -4.00. The molecule has 1 aliphatic rings. The summed E-state index contributed by atoms with van der Waals surface area (Å²) in [4.78, 5) is 12.5. The molecule has 1 atom stereocenters. The number of rotatable bonds is 10. The Morgan fingerprint density at radius 2 is 1.76 bits per heavy atom. The van der Waals surface area contributed by atoms with Crippen molar-refractivity contribution in [2.24, 2.45) is 0 Å². The molecule has 0 bridgehead atoms. The normalized spacial score (nSPS) is 14.1. The molecule has 0 aromatic heterocycles. The molecule has 2 aromatic carbocycles. The number of halogens is 3. The van der Waals surface area contributed by atoms with E-state index in [0.717, 1.165) is 18.2 Å². The highest BCUT2D eigenvalue weighted by molar-refractivity contribution is 7.54. The number of esters is 1. The van der Waals surface area contributed by atoms with Crippen molar-refractivity contribution >= 4 is 13.6 Å². The zero-order valence-electron chi connectivity index (χ0n) is 17.8. The Morgan fingerprint density at radius 3 is 2.42 bits per heavy atom. The quantitative estimate of drug-likeness (QED) is 0.327. The van der Waals surface area contributed by atoms with Crippen LogP contribution in [-0.2, 0) is 29.3 Å². The van der Waals surface area contributed by atoms with Gasteiger partial charge in [0.05, 0.1) is 18.8 Å². The van der Waals surface area contributed by atoms with Crippen LogP contribution in [0.4, 0.5) is 13.2 Å². The molecule has 0 saturated carbocycles. The maximum Gasteiger partial charge on any atom is 0.416 e. The van der Waals surface area contributed by atoms with E-state index in [-0.39, 0.29) is 31.3 Å². The predicted octanol–water partition coefficient (Wildman–Crippen LogP) is 5.32. The fraction of sp³-hybridized carbons (Fsp3) is 0.381. The van der Waals surface area contributed by atoms with Gasteiger partial charge in [0.2, 0.25) is 12.6 Å². The van der Waals surface area contributed by atoms with Crippen LogP contribution in [0.3, 0.4) is 0 Å². The maximum absolute atomic E-state index is 13.4. The third-order valence-corrected chi connectivity index (χ3v) is 6.56. The topological polar surface area (TPSA) is 89.5 Å². The van der Waals surface area contributed by atoms with Gasteiger partial charge in [0.15, 0.2) is 18.1 Å². The Labute approximate surface area is 188 Å². The molecule has 0 radical (unpaired) electrons. The van der Waals surface area contributed by atoms with Crippen LogP contribution in [0, 0.1) is 0 Å². The first-order valence-corrected chi connectivity index (χ1v) is 11.6. The van der Waals surface area contributed by atoms with Crippen LogP contribution < -0.4 is 14.2 Å². The molecule has 0 N–H and O–H groups in total. The van der Waals surface area contributed by atoms with Gasteiger partial charge in [-0.2, -0.15) is 13.2 Å². The minimum atomic E-state index is -4.56. The largest absolute Gasteiger partial charge is 0.482 e. The zero-order chi connectivity index (χ0) is 24.1. The third-order valence-electron chi connectivity index (χ3n) is 4.35. The molecule has 33 heavy (non-hydrogen) atoms. The second-order valence-electron chi connectivity index (χ2n) is 6.64. The van der Waals surface area contributed by atoms with Gasteiger partial charge in [-0.05, 0) is 44.2 Å². The molecule has 0 saturated heterocycles. The van der Waals surface area contributed by atoms with Crippen LogP contribution in [0.5, 0.6) is 17.2 Å². The van der Waals surface area contributed by atoms with Crippen LogP contribution in [0.2, 0.25) is 0 Å². The van der Waals surface area contributed by atoms with Gasteiger partial charge in [-0.25, -0.2) is 4.79 Å². The van der Waals surface area contributed by atoms with Gasteiger partial charge in [0, 0.05) is 5.56 Å². The van der Waals surface area contributed by atoms with Crippen molar-refractivity contribution in [3.05, 3.63) is 53.6 Å². The number of ether oxygens (including phenoxy) is 4. The van der Waals surface area contributed by atoms with Crippen LogP contribution in [0.15, 0.2) is 42.5 Å². The molecule has 180 valence electrons. The lowest BCUT2D eigenvalue weighted by molar-refractivity contribution is -0.149. The highest BCUT2D eigenvalue weighted by atomic mass is 31.2. The number of carbonyl (C=O) groups excluding carboxylic acids is 1. The molecule has 0 fully saturated rings. The van der Waals surface area contributed by atoms with Gasteiger partial charge in [0.1, 0.15) is 5.75 Å². The lowest BCUT2D eigenvalue weighted by Gasteiger charge is -2.26. The number of carbonyl (C=O) groups is 1. The standard InChI is InChI=1S/C21H22F3O8P/c1-3-30-33(26,31-4-2)20(14-8-9-17-18(10-14)29-13-28-17)32-19(25)12-27-16-7-5-6-15(11-16)21(22,23)24/h5-11,20H,3-4,12-13H2,1-2H3. The number of hydrogen-bond acceptors (Lipinski definition) is 8. The van der Waals surface area contributed by atoms with Gasteiger partial charge in [-0.1, -0.05) is 12.1 Å². The molecule has 1 aliphatic heterocycles. The van der Waals surface area contributed by atoms with E-state index >= 15 is 0 Å². The first kappa shape index (κ1) is 24.9. The van der Waals surface area contributed by atoms with Crippen LogP contribution in [0.1, 0.15) is 30.8 Å². The van der Waals surface area contributed by atoms with E-state index in [4.69, 9.17) is 28.0 Å². The van der Waals surface area contributed by atoms with E-state index in [1.54, 1.807) is 19.9 Å². The van der Waals surface area contributed by atoms with Crippen LogP contribution >= 0.6 is 7.60 Å². The van der Waals surface area contributed by atoms with Crippen molar-refractivity contribution in [1.82, 2.24) is 0 Å². The van der Waals surface area contributed by atoms with E-state index < -0.39 is 37.8 Å². The average molecular weight is 490 g/mol. The molecule has 12 heteroatoms. The van der Waals surface area contributed by atoms with Gasteiger partial charge in [-0.15, -0.1) is 0 Å². The minimum Gasteiger partial charge on any atom is -0.482 e. The smallest absolute Gasteiger partial charge is 0.416 e. The van der Waals surface area contributed by atoms with E-state index in [1.165, 1.54) is 18.2 Å². The minimum absolute atomic E-state index is 0.00263. The first-order valence-electron chi connectivity index (χ1n) is 9.94. The Hall–Kier alpha value is -2.75. The Kier molecular flexibility index (Phi) is 7.88. The van der Waals surface area contributed by atoms with Crippen LogP contribution in [-0.4, -0.2) is 32.6 Å². The van der Waals surface area contributed by atoms with Crippen molar-refractivity contribution in [1.29, 1.82) is 0 Å². The van der Waals surface area contributed by atoms with Gasteiger partial charge in [-0.3, -0.25) is 4.57 Å². The highest BCUT2D eigenvalue weighted by Gasteiger charge is 2.41. The molecule has 0 amide bonds. The number of fused-ring (bicyclic) bond motifs is 1. The molecule has 8 nitrogen and oxygen atoms in total. The molecule has 0 aliphatic carbocycles. The van der Waals surface area contributed by atoms with E-state index in [9.17, 15) is 22.5 Å². The zero-order valence-corrected chi connectivity index (χ0v) is 18.7. The van der Waals surface area contributed by atoms with E-state index in [1.807, 2.05) is 0 Å². The van der Waals surface area contributed by atoms with Crippen molar-refractivity contribution in [2.45, 2.75) is 25.9 Å². The van der Waals surface area contributed by atoms with Gasteiger partial charge in [0.25, 0.3) is 0 Å². The predicted molar refractivity (Wildman–Crippen MR) is 109 cm³/mol. The molecule has 1 heterocycles. The molecule has 3 rings (SSSR count). The first-order chi connectivity index (χ1) is 15.7. The number of benzene rings is 2. The summed E-state index contributed by atoms with van der Waals surface area (Å²) in [5, 5.41) is 0.